The second-order valence-corrected chi connectivity index (χ2v) is 5.68. The van der Waals surface area contributed by atoms with Gasteiger partial charge in [0.25, 0.3) is 0 Å². The van der Waals surface area contributed by atoms with Crippen molar-refractivity contribution in [1.82, 2.24) is 10.6 Å². The zero-order valence-electron chi connectivity index (χ0n) is 13.3. The van der Waals surface area contributed by atoms with Crippen LogP contribution in [0.1, 0.15) is 24.1 Å². The fourth-order valence-electron chi connectivity index (χ4n) is 2.24. The number of ether oxygens (including phenoxy) is 1. The quantitative estimate of drug-likeness (QED) is 0.817. The third-order valence-electron chi connectivity index (χ3n) is 3.59. The molecule has 4 nitrogen and oxygen atoms in total. The van der Waals surface area contributed by atoms with Crippen LogP contribution in [0.5, 0.6) is 5.75 Å². The number of hydrogen-bond donors (Lipinski definition) is 2. The summed E-state index contributed by atoms with van der Waals surface area (Å²) in [5, 5.41) is 6.76. The lowest BCUT2D eigenvalue weighted by Gasteiger charge is -2.15. The van der Waals surface area contributed by atoms with E-state index in [4.69, 9.17) is 16.3 Å². The molecule has 23 heavy (non-hydrogen) atoms. The van der Waals surface area contributed by atoms with Gasteiger partial charge in [-0.1, -0.05) is 41.9 Å². The molecule has 5 heteroatoms. The van der Waals surface area contributed by atoms with Crippen LogP contribution >= 0.6 is 11.6 Å². The molecule has 0 saturated carbocycles. The topological polar surface area (TPSA) is 50.4 Å². The van der Waals surface area contributed by atoms with E-state index in [9.17, 15) is 4.79 Å². The van der Waals surface area contributed by atoms with E-state index in [1.807, 2.05) is 55.5 Å². The summed E-state index contributed by atoms with van der Waals surface area (Å²) in [6.07, 6.45) is 0. The Morgan fingerprint density at radius 2 is 2.00 bits per heavy atom. The van der Waals surface area contributed by atoms with E-state index >= 15 is 0 Å². The highest BCUT2D eigenvalue weighted by molar-refractivity contribution is 6.30. The van der Waals surface area contributed by atoms with E-state index < -0.39 is 0 Å². The molecule has 2 N–H and O–H groups in total. The second kappa shape index (κ2) is 8.56. The normalized spacial score (nSPS) is 11.8. The predicted octanol–water partition coefficient (Wildman–Crippen LogP) is 3.32. The van der Waals surface area contributed by atoms with E-state index in [1.165, 1.54) is 0 Å². The van der Waals surface area contributed by atoms with Crippen LogP contribution in [0.2, 0.25) is 5.02 Å². The lowest BCUT2D eigenvalue weighted by atomic mass is 10.1. The molecule has 0 radical (unpaired) electrons. The van der Waals surface area contributed by atoms with Crippen LogP contribution in [-0.2, 0) is 11.3 Å². The smallest absolute Gasteiger partial charge is 0.234 e. The number of halogens is 1. The highest BCUT2D eigenvalue weighted by Gasteiger charge is 2.09. The molecule has 2 aromatic rings. The standard InChI is InChI=1S/C18H21ClN2O2/c1-13(14-7-5-8-16(19)10-14)20-12-18(22)21-11-15-6-3-4-9-17(15)23-2/h3-10,13,20H,11-12H2,1-2H3,(H,21,22)/t13-/m0/s1. The van der Waals surface area contributed by atoms with Crippen molar-refractivity contribution in [2.24, 2.45) is 0 Å². The van der Waals surface area contributed by atoms with Gasteiger partial charge in [0.1, 0.15) is 5.75 Å². The fourth-order valence-corrected chi connectivity index (χ4v) is 2.44. The van der Waals surface area contributed by atoms with Crippen molar-refractivity contribution in [3.63, 3.8) is 0 Å². The van der Waals surface area contributed by atoms with Gasteiger partial charge < -0.3 is 15.4 Å². The van der Waals surface area contributed by atoms with Gasteiger partial charge in [-0.05, 0) is 30.7 Å². The Morgan fingerprint density at radius 1 is 1.22 bits per heavy atom. The predicted molar refractivity (Wildman–Crippen MR) is 92.7 cm³/mol. The Bertz CT molecular complexity index is 661. The minimum Gasteiger partial charge on any atom is -0.496 e. The SMILES string of the molecule is COc1ccccc1CNC(=O)CN[C@@H](C)c1cccc(Cl)c1. The summed E-state index contributed by atoms with van der Waals surface area (Å²) >= 11 is 5.98. The third-order valence-corrected chi connectivity index (χ3v) is 3.82. The molecule has 0 unspecified atom stereocenters. The molecule has 0 fully saturated rings. The van der Waals surface area contributed by atoms with Crippen molar-refractivity contribution in [3.05, 3.63) is 64.7 Å². The molecule has 0 aliphatic heterocycles. The lowest BCUT2D eigenvalue weighted by molar-refractivity contribution is -0.120. The first-order chi connectivity index (χ1) is 11.1. The lowest BCUT2D eigenvalue weighted by Crippen LogP contribution is -2.34. The van der Waals surface area contributed by atoms with Gasteiger partial charge in [-0.25, -0.2) is 0 Å². The van der Waals surface area contributed by atoms with E-state index in [0.29, 0.717) is 11.6 Å². The van der Waals surface area contributed by atoms with Crippen molar-refractivity contribution in [2.45, 2.75) is 19.5 Å². The van der Waals surface area contributed by atoms with Crippen LogP contribution in [0.15, 0.2) is 48.5 Å². The Balaban J connectivity index is 1.81. The van der Waals surface area contributed by atoms with Crippen LogP contribution in [0.3, 0.4) is 0 Å². The molecule has 122 valence electrons. The molecule has 1 amide bonds. The number of benzene rings is 2. The molecule has 0 spiro atoms. The van der Waals surface area contributed by atoms with Crippen LogP contribution in [0, 0.1) is 0 Å². The van der Waals surface area contributed by atoms with Crippen LogP contribution in [0.25, 0.3) is 0 Å². The summed E-state index contributed by atoms with van der Waals surface area (Å²) in [5.74, 6) is 0.706. The summed E-state index contributed by atoms with van der Waals surface area (Å²) in [4.78, 5) is 12.0. The van der Waals surface area contributed by atoms with Gasteiger partial charge in [-0.15, -0.1) is 0 Å². The largest absolute Gasteiger partial charge is 0.496 e. The van der Waals surface area contributed by atoms with Gasteiger partial charge in [0.15, 0.2) is 0 Å². The molecule has 2 rings (SSSR count). The van der Waals surface area contributed by atoms with Crippen molar-refractivity contribution in [2.75, 3.05) is 13.7 Å². The van der Waals surface area contributed by atoms with Gasteiger partial charge in [0.2, 0.25) is 5.91 Å². The van der Waals surface area contributed by atoms with E-state index in [-0.39, 0.29) is 18.5 Å². The average molecular weight is 333 g/mol. The van der Waals surface area contributed by atoms with Crippen molar-refractivity contribution in [1.29, 1.82) is 0 Å². The Hall–Kier alpha value is -2.04. The summed E-state index contributed by atoms with van der Waals surface area (Å²) < 4.78 is 5.27. The van der Waals surface area contributed by atoms with Gasteiger partial charge in [0, 0.05) is 23.2 Å². The molecule has 2 aromatic carbocycles. The van der Waals surface area contributed by atoms with Crippen molar-refractivity contribution in [3.8, 4) is 5.75 Å². The average Bonchev–Trinajstić information content (AvgIpc) is 2.58. The van der Waals surface area contributed by atoms with Gasteiger partial charge in [-0.2, -0.15) is 0 Å². The maximum atomic E-state index is 12.0. The third kappa shape index (κ3) is 5.27. The van der Waals surface area contributed by atoms with Gasteiger partial charge in [-0.3, -0.25) is 4.79 Å². The Kier molecular flexibility index (Phi) is 6.44. The number of carbonyl (C=O) groups is 1. The number of carbonyl (C=O) groups excluding carboxylic acids is 1. The van der Waals surface area contributed by atoms with E-state index in [1.54, 1.807) is 7.11 Å². The second-order valence-electron chi connectivity index (χ2n) is 5.25. The van der Waals surface area contributed by atoms with Crippen LogP contribution in [0.4, 0.5) is 0 Å². The van der Waals surface area contributed by atoms with Crippen LogP contribution in [-0.4, -0.2) is 19.6 Å². The number of nitrogens with one attached hydrogen (secondary N) is 2. The first kappa shape index (κ1) is 17.3. The summed E-state index contributed by atoms with van der Waals surface area (Å²) in [6, 6.07) is 15.3. The summed E-state index contributed by atoms with van der Waals surface area (Å²) in [6.45, 7) is 2.68. The fraction of sp³-hybridized carbons (Fsp3) is 0.278. The summed E-state index contributed by atoms with van der Waals surface area (Å²) in [5.41, 5.74) is 2.00. The molecule has 0 bridgehead atoms. The highest BCUT2D eigenvalue weighted by atomic mass is 35.5. The molecule has 0 aliphatic carbocycles. The van der Waals surface area contributed by atoms with Crippen LogP contribution < -0.4 is 15.4 Å². The van der Waals surface area contributed by atoms with E-state index in [0.717, 1.165) is 16.9 Å². The maximum Gasteiger partial charge on any atom is 0.234 e. The molecule has 0 aromatic heterocycles. The van der Waals surface area contributed by atoms with Crippen molar-refractivity contribution >= 4 is 17.5 Å². The zero-order chi connectivity index (χ0) is 16.7. The number of methoxy groups -OCH3 is 1. The number of hydrogen-bond acceptors (Lipinski definition) is 3. The first-order valence-electron chi connectivity index (χ1n) is 7.47. The van der Waals surface area contributed by atoms with Crippen molar-refractivity contribution < 1.29 is 9.53 Å². The number of rotatable bonds is 7. The minimum atomic E-state index is -0.0650. The Morgan fingerprint density at radius 3 is 2.74 bits per heavy atom. The highest BCUT2D eigenvalue weighted by Crippen LogP contribution is 2.17. The molecule has 0 heterocycles. The zero-order valence-corrected chi connectivity index (χ0v) is 14.1. The van der Waals surface area contributed by atoms with Gasteiger partial charge in [0.05, 0.1) is 13.7 Å². The van der Waals surface area contributed by atoms with Gasteiger partial charge >= 0.3 is 0 Å². The maximum absolute atomic E-state index is 12.0. The molecule has 0 aliphatic rings. The van der Waals surface area contributed by atoms with E-state index in [2.05, 4.69) is 10.6 Å². The number of para-hydroxylation sites is 1. The Labute approximate surface area is 141 Å². The molecular weight excluding hydrogens is 312 g/mol. The molecule has 0 saturated heterocycles. The molecule has 1 atom stereocenters. The first-order valence-corrected chi connectivity index (χ1v) is 7.85. The minimum absolute atomic E-state index is 0.0470. The number of amides is 1. The molecular formula is C18H21ClN2O2. The summed E-state index contributed by atoms with van der Waals surface area (Å²) in [7, 11) is 1.62. The monoisotopic (exact) mass is 332 g/mol.